The summed E-state index contributed by atoms with van der Waals surface area (Å²) in [5.41, 5.74) is 1.92. The number of benzene rings is 1. The molecule has 0 unspecified atom stereocenters. The Morgan fingerprint density at radius 3 is 2.55 bits per heavy atom. The van der Waals surface area contributed by atoms with Crippen molar-refractivity contribution in [3.05, 3.63) is 71.8 Å². The maximum absolute atomic E-state index is 12.9. The Kier molecular flexibility index (Phi) is 5.45. The number of aromatic nitrogens is 4. The van der Waals surface area contributed by atoms with Gasteiger partial charge >= 0.3 is 0 Å². The predicted molar refractivity (Wildman–Crippen MR) is 111 cm³/mol. The van der Waals surface area contributed by atoms with Gasteiger partial charge in [-0.05, 0) is 49.6 Å². The highest BCUT2D eigenvalue weighted by molar-refractivity contribution is 5.96. The van der Waals surface area contributed by atoms with Gasteiger partial charge in [0, 0.05) is 18.8 Å². The van der Waals surface area contributed by atoms with E-state index in [9.17, 15) is 14.9 Å². The van der Waals surface area contributed by atoms with Crippen LogP contribution in [0.4, 0.5) is 0 Å². The fourth-order valence-corrected chi connectivity index (χ4v) is 3.08. The van der Waals surface area contributed by atoms with Crippen LogP contribution in [-0.4, -0.2) is 43.4 Å². The van der Waals surface area contributed by atoms with Gasteiger partial charge in [-0.25, -0.2) is 0 Å². The standard InChI is InChI=1S/C22H21N7O2/c1-15-2-4-17(5-3-15)29-25-13-19(28-29)20(30)26-18(12-16-6-10-24-11-7-16)21(31)27-22(14-23)8-9-22/h2-7,10-11,13,18H,8-9,12H2,1H3,(H,26,30)(H,27,31)/t18-/m0/s1. The van der Waals surface area contributed by atoms with Crippen LogP contribution < -0.4 is 10.6 Å². The van der Waals surface area contributed by atoms with Crippen LogP contribution in [0.3, 0.4) is 0 Å². The normalized spacial score (nSPS) is 14.8. The molecule has 1 saturated carbocycles. The van der Waals surface area contributed by atoms with Gasteiger partial charge in [-0.2, -0.15) is 15.2 Å². The lowest BCUT2D eigenvalue weighted by Gasteiger charge is -2.19. The third-order valence-electron chi connectivity index (χ3n) is 5.13. The summed E-state index contributed by atoms with van der Waals surface area (Å²) in [6.45, 7) is 1.98. The van der Waals surface area contributed by atoms with Crippen molar-refractivity contribution in [1.82, 2.24) is 30.6 Å². The van der Waals surface area contributed by atoms with E-state index in [-0.39, 0.29) is 12.1 Å². The maximum Gasteiger partial charge on any atom is 0.274 e. The minimum absolute atomic E-state index is 0.0921. The highest BCUT2D eigenvalue weighted by Gasteiger charge is 2.45. The zero-order valence-corrected chi connectivity index (χ0v) is 16.9. The molecule has 1 aliphatic carbocycles. The summed E-state index contributed by atoms with van der Waals surface area (Å²) in [5.74, 6) is -0.926. The molecule has 3 aromatic rings. The molecule has 1 atom stereocenters. The van der Waals surface area contributed by atoms with E-state index in [0.717, 1.165) is 16.8 Å². The average Bonchev–Trinajstić information content (AvgIpc) is 3.37. The zero-order valence-electron chi connectivity index (χ0n) is 16.9. The summed E-state index contributed by atoms with van der Waals surface area (Å²) in [6.07, 6.45) is 6.07. The van der Waals surface area contributed by atoms with Crippen LogP contribution in [0.5, 0.6) is 0 Å². The number of hydrogen-bond acceptors (Lipinski definition) is 6. The second-order valence-corrected chi connectivity index (χ2v) is 7.62. The van der Waals surface area contributed by atoms with Gasteiger partial charge < -0.3 is 10.6 Å². The van der Waals surface area contributed by atoms with Gasteiger partial charge in [0.1, 0.15) is 11.6 Å². The number of nitrogens with one attached hydrogen (secondary N) is 2. The quantitative estimate of drug-likeness (QED) is 0.602. The van der Waals surface area contributed by atoms with Gasteiger partial charge in [0.25, 0.3) is 5.91 Å². The smallest absolute Gasteiger partial charge is 0.274 e. The SMILES string of the molecule is Cc1ccc(-n2ncc(C(=O)N[C@@H](Cc3ccncc3)C(=O)NC3(C#N)CC3)n2)cc1. The molecule has 0 saturated heterocycles. The molecular weight excluding hydrogens is 394 g/mol. The summed E-state index contributed by atoms with van der Waals surface area (Å²) in [4.78, 5) is 31.0. The Bertz CT molecular complexity index is 1130. The Morgan fingerprint density at radius 1 is 1.19 bits per heavy atom. The molecule has 2 N–H and O–H groups in total. The Balaban J connectivity index is 1.50. The van der Waals surface area contributed by atoms with Gasteiger partial charge in [0.15, 0.2) is 5.69 Å². The topological polar surface area (TPSA) is 126 Å². The number of aryl methyl sites for hydroxylation is 1. The van der Waals surface area contributed by atoms with Crippen molar-refractivity contribution >= 4 is 11.8 Å². The summed E-state index contributed by atoms with van der Waals surface area (Å²) in [6, 6.07) is 12.4. The number of rotatable bonds is 7. The molecule has 31 heavy (non-hydrogen) atoms. The lowest BCUT2D eigenvalue weighted by atomic mass is 10.1. The Hall–Kier alpha value is -4.06. The minimum Gasteiger partial charge on any atom is -0.338 e. The highest BCUT2D eigenvalue weighted by atomic mass is 16.2. The molecule has 1 fully saturated rings. The fourth-order valence-electron chi connectivity index (χ4n) is 3.08. The Morgan fingerprint density at radius 2 is 1.90 bits per heavy atom. The van der Waals surface area contributed by atoms with E-state index in [1.54, 1.807) is 24.5 Å². The summed E-state index contributed by atoms with van der Waals surface area (Å²) >= 11 is 0. The summed E-state index contributed by atoms with van der Waals surface area (Å²) in [5, 5.41) is 23.2. The molecular formula is C22H21N7O2. The predicted octanol–water partition coefficient (Wildman–Crippen LogP) is 1.48. The van der Waals surface area contributed by atoms with Crippen LogP contribution >= 0.6 is 0 Å². The number of pyridine rings is 1. The van der Waals surface area contributed by atoms with Crippen molar-refractivity contribution < 1.29 is 9.59 Å². The summed E-state index contributed by atoms with van der Waals surface area (Å²) in [7, 11) is 0. The van der Waals surface area contributed by atoms with Crippen molar-refractivity contribution in [1.29, 1.82) is 5.26 Å². The third kappa shape index (κ3) is 4.75. The van der Waals surface area contributed by atoms with Crippen LogP contribution in [0, 0.1) is 18.3 Å². The minimum atomic E-state index is -0.870. The Labute approximate surface area is 179 Å². The first-order valence-electron chi connectivity index (χ1n) is 9.90. The molecule has 4 rings (SSSR count). The molecule has 1 aliphatic rings. The van der Waals surface area contributed by atoms with E-state index < -0.39 is 23.4 Å². The van der Waals surface area contributed by atoms with Crippen LogP contribution in [0.25, 0.3) is 5.69 Å². The molecule has 9 heteroatoms. The zero-order chi connectivity index (χ0) is 21.8. The van der Waals surface area contributed by atoms with E-state index in [1.165, 1.54) is 11.0 Å². The first kappa shape index (κ1) is 20.2. The van der Waals surface area contributed by atoms with Crippen LogP contribution in [0.2, 0.25) is 0 Å². The molecule has 0 bridgehead atoms. The molecule has 0 spiro atoms. The van der Waals surface area contributed by atoms with Crippen molar-refractivity contribution in [3.8, 4) is 11.8 Å². The van der Waals surface area contributed by atoms with Gasteiger partial charge in [-0.1, -0.05) is 17.7 Å². The first-order chi connectivity index (χ1) is 15.0. The number of nitriles is 1. The van der Waals surface area contributed by atoms with E-state index >= 15 is 0 Å². The van der Waals surface area contributed by atoms with Gasteiger partial charge in [0.05, 0.1) is 18.0 Å². The lowest BCUT2D eigenvalue weighted by molar-refractivity contribution is -0.123. The van der Waals surface area contributed by atoms with Crippen LogP contribution in [0.1, 0.15) is 34.5 Å². The van der Waals surface area contributed by atoms with Crippen LogP contribution in [0.15, 0.2) is 55.0 Å². The molecule has 0 radical (unpaired) electrons. The largest absolute Gasteiger partial charge is 0.338 e. The number of carbonyl (C=O) groups is 2. The van der Waals surface area contributed by atoms with Gasteiger partial charge in [0.2, 0.25) is 5.91 Å². The molecule has 0 aliphatic heterocycles. The average molecular weight is 415 g/mol. The van der Waals surface area contributed by atoms with Crippen LogP contribution in [-0.2, 0) is 11.2 Å². The summed E-state index contributed by atoms with van der Waals surface area (Å²) < 4.78 is 0. The molecule has 2 amide bonds. The second kappa shape index (κ2) is 8.36. The van der Waals surface area contributed by atoms with Gasteiger partial charge in [-0.15, -0.1) is 5.10 Å². The highest BCUT2D eigenvalue weighted by Crippen LogP contribution is 2.34. The first-order valence-corrected chi connectivity index (χ1v) is 9.90. The molecule has 9 nitrogen and oxygen atoms in total. The molecule has 156 valence electrons. The van der Waals surface area contributed by atoms with E-state index in [1.807, 2.05) is 31.2 Å². The number of carbonyl (C=O) groups excluding carboxylic acids is 2. The van der Waals surface area contributed by atoms with Crippen molar-refractivity contribution in [3.63, 3.8) is 0 Å². The van der Waals surface area contributed by atoms with Crippen molar-refractivity contribution in [2.45, 2.75) is 37.8 Å². The van der Waals surface area contributed by atoms with Crippen molar-refractivity contribution in [2.24, 2.45) is 0 Å². The van der Waals surface area contributed by atoms with Crippen molar-refractivity contribution in [2.75, 3.05) is 0 Å². The number of nitrogens with zero attached hydrogens (tertiary/aromatic N) is 5. The number of amides is 2. The lowest BCUT2D eigenvalue weighted by Crippen LogP contribution is -2.51. The monoisotopic (exact) mass is 415 g/mol. The molecule has 2 aromatic heterocycles. The fraction of sp³-hybridized carbons (Fsp3) is 0.273. The number of hydrogen-bond donors (Lipinski definition) is 2. The van der Waals surface area contributed by atoms with E-state index in [2.05, 4.69) is 31.9 Å². The maximum atomic E-state index is 12.9. The van der Waals surface area contributed by atoms with E-state index in [0.29, 0.717) is 12.8 Å². The molecule has 1 aromatic carbocycles. The van der Waals surface area contributed by atoms with Gasteiger partial charge in [-0.3, -0.25) is 14.6 Å². The third-order valence-corrected chi connectivity index (χ3v) is 5.13. The van der Waals surface area contributed by atoms with E-state index in [4.69, 9.17) is 0 Å². The second-order valence-electron chi connectivity index (χ2n) is 7.62. The molecule has 2 heterocycles.